The first-order chi connectivity index (χ1) is 21.1. The molecular formula is C30H36O14. The summed E-state index contributed by atoms with van der Waals surface area (Å²) in [7, 11) is 0. The Morgan fingerprint density at radius 2 is 1.30 bits per heavy atom. The molecule has 0 radical (unpaired) electrons. The summed E-state index contributed by atoms with van der Waals surface area (Å²) in [4.78, 5) is 12.3. The second kappa shape index (κ2) is 15.5. The molecule has 0 spiro atoms. The van der Waals surface area contributed by atoms with Gasteiger partial charge in [-0.15, -0.1) is 0 Å². The van der Waals surface area contributed by atoms with Gasteiger partial charge in [-0.25, -0.2) is 4.79 Å². The van der Waals surface area contributed by atoms with Crippen LogP contribution >= 0.6 is 0 Å². The third-order valence-corrected chi connectivity index (χ3v) is 7.04. The van der Waals surface area contributed by atoms with Crippen LogP contribution in [0.4, 0.5) is 0 Å². The highest BCUT2D eigenvalue weighted by molar-refractivity contribution is 5.87. The minimum absolute atomic E-state index is 0.0631. The summed E-state index contributed by atoms with van der Waals surface area (Å²) in [5, 5.41) is 80.7. The van der Waals surface area contributed by atoms with E-state index in [1.807, 2.05) is 0 Å². The highest BCUT2D eigenvalue weighted by Gasteiger charge is 2.51. The molecule has 0 aliphatic carbocycles. The number of esters is 1. The van der Waals surface area contributed by atoms with E-state index in [9.17, 15) is 45.6 Å². The predicted molar refractivity (Wildman–Crippen MR) is 151 cm³/mol. The van der Waals surface area contributed by atoms with E-state index in [1.54, 1.807) is 36.4 Å². The second-order valence-electron chi connectivity index (χ2n) is 10.2. The number of ether oxygens (including phenoxy) is 5. The van der Waals surface area contributed by atoms with E-state index < -0.39 is 80.6 Å². The Bertz CT molecular complexity index is 1250. The van der Waals surface area contributed by atoms with Crippen molar-refractivity contribution >= 4 is 18.1 Å². The van der Waals surface area contributed by atoms with Gasteiger partial charge in [0, 0.05) is 6.08 Å². The van der Waals surface area contributed by atoms with Crippen LogP contribution in [0.1, 0.15) is 11.1 Å². The van der Waals surface area contributed by atoms with Gasteiger partial charge in [-0.1, -0.05) is 36.4 Å². The zero-order chi connectivity index (χ0) is 31.8. The number of aliphatic hydroxyl groups excluding tert-OH is 6. The van der Waals surface area contributed by atoms with Crippen LogP contribution < -0.4 is 0 Å². The Labute approximate surface area is 252 Å². The van der Waals surface area contributed by atoms with Gasteiger partial charge in [-0.3, -0.25) is 0 Å². The smallest absolute Gasteiger partial charge is 0.330 e. The van der Waals surface area contributed by atoms with Gasteiger partial charge in [0.25, 0.3) is 0 Å². The molecule has 2 aromatic carbocycles. The maximum atomic E-state index is 12.3. The Morgan fingerprint density at radius 1 is 0.727 bits per heavy atom. The van der Waals surface area contributed by atoms with Crippen molar-refractivity contribution in [2.75, 3.05) is 19.8 Å². The Hall–Kier alpha value is -3.41. The van der Waals surface area contributed by atoms with Crippen LogP contribution in [0.5, 0.6) is 11.5 Å². The molecule has 8 N–H and O–H groups in total. The van der Waals surface area contributed by atoms with Gasteiger partial charge in [-0.2, -0.15) is 0 Å². The van der Waals surface area contributed by atoms with Gasteiger partial charge in [0.15, 0.2) is 12.6 Å². The standard InChI is InChI=1S/C30H36O14/c31-14-20-23(35)25(37)27(39)29(42-20)44-28-26(38)24(36)21(15-41-22(34)12-7-17-5-10-19(33)11-6-17)43-30(28)40-13-1-2-16-3-8-18(32)9-4-16/h1-12,20-21,23-33,35-39H,13-15H2. The minimum Gasteiger partial charge on any atom is -0.508 e. The number of aliphatic hydroxyl groups is 6. The zero-order valence-corrected chi connectivity index (χ0v) is 23.4. The monoisotopic (exact) mass is 620 g/mol. The van der Waals surface area contributed by atoms with E-state index in [2.05, 4.69) is 0 Å². The van der Waals surface area contributed by atoms with Crippen LogP contribution in [0.3, 0.4) is 0 Å². The fourth-order valence-electron chi connectivity index (χ4n) is 4.54. The molecule has 14 nitrogen and oxygen atoms in total. The van der Waals surface area contributed by atoms with Crippen molar-refractivity contribution in [2.45, 2.75) is 61.4 Å². The van der Waals surface area contributed by atoms with Crippen molar-refractivity contribution in [3.8, 4) is 11.5 Å². The first-order valence-corrected chi connectivity index (χ1v) is 13.8. The quantitative estimate of drug-likeness (QED) is 0.112. The van der Waals surface area contributed by atoms with Crippen LogP contribution in [0.25, 0.3) is 12.2 Å². The normalized spacial score (nSPS) is 32.7. The molecule has 2 aliphatic rings. The van der Waals surface area contributed by atoms with Crippen LogP contribution in [-0.2, 0) is 28.5 Å². The van der Waals surface area contributed by atoms with Crippen molar-refractivity contribution in [1.29, 1.82) is 0 Å². The molecule has 2 saturated heterocycles. The van der Waals surface area contributed by atoms with Gasteiger partial charge in [0.05, 0.1) is 13.2 Å². The largest absolute Gasteiger partial charge is 0.508 e. The van der Waals surface area contributed by atoms with Crippen LogP contribution in [0.2, 0.25) is 0 Å². The van der Waals surface area contributed by atoms with Gasteiger partial charge in [0.1, 0.15) is 66.9 Å². The third-order valence-electron chi connectivity index (χ3n) is 7.04. The first-order valence-electron chi connectivity index (χ1n) is 13.8. The molecular weight excluding hydrogens is 584 g/mol. The first kappa shape index (κ1) is 33.5. The number of hydrogen-bond donors (Lipinski definition) is 8. The van der Waals surface area contributed by atoms with E-state index in [0.717, 1.165) is 11.6 Å². The molecule has 14 heteroatoms. The summed E-state index contributed by atoms with van der Waals surface area (Å²) < 4.78 is 27.8. The lowest BCUT2D eigenvalue weighted by molar-refractivity contribution is -0.366. The maximum absolute atomic E-state index is 12.3. The number of phenolic OH excluding ortho intramolecular Hbond substituents is 2. The topological polar surface area (TPSA) is 225 Å². The summed E-state index contributed by atoms with van der Waals surface area (Å²) in [5.41, 5.74) is 1.36. The van der Waals surface area contributed by atoms with Crippen molar-refractivity contribution in [3.63, 3.8) is 0 Å². The number of carbonyl (C=O) groups excluding carboxylic acids is 1. The fourth-order valence-corrected chi connectivity index (χ4v) is 4.54. The number of rotatable bonds is 11. The van der Waals surface area contributed by atoms with Gasteiger partial charge < -0.3 is 64.5 Å². The average molecular weight is 621 g/mol. The predicted octanol–water partition coefficient (Wildman–Crippen LogP) is -0.984. The van der Waals surface area contributed by atoms with Crippen LogP contribution in [-0.4, -0.2) is 128 Å². The van der Waals surface area contributed by atoms with Crippen molar-refractivity contribution in [1.82, 2.24) is 0 Å². The van der Waals surface area contributed by atoms with Crippen LogP contribution in [0, 0.1) is 0 Å². The van der Waals surface area contributed by atoms with Gasteiger partial charge in [0.2, 0.25) is 0 Å². The van der Waals surface area contributed by atoms with Gasteiger partial charge >= 0.3 is 5.97 Å². The number of aromatic hydroxyl groups is 2. The van der Waals surface area contributed by atoms with Gasteiger partial charge in [-0.05, 0) is 41.5 Å². The number of benzene rings is 2. The molecule has 44 heavy (non-hydrogen) atoms. The highest BCUT2D eigenvalue weighted by Crippen LogP contribution is 2.30. The molecule has 2 aliphatic heterocycles. The van der Waals surface area contributed by atoms with Crippen molar-refractivity contribution < 1.29 is 69.3 Å². The zero-order valence-electron chi connectivity index (χ0n) is 23.4. The minimum atomic E-state index is -1.80. The van der Waals surface area contributed by atoms with E-state index in [0.29, 0.717) is 5.56 Å². The van der Waals surface area contributed by atoms with E-state index in [4.69, 9.17) is 23.7 Å². The molecule has 0 aromatic heterocycles. The van der Waals surface area contributed by atoms with Crippen molar-refractivity contribution in [3.05, 3.63) is 71.8 Å². The molecule has 2 aromatic rings. The van der Waals surface area contributed by atoms with Crippen LogP contribution in [0.15, 0.2) is 60.7 Å². The molecule has 0 bridgehead atoms. The third kappa shape index (κ3) is 8.61. The Kier molecular flexibility index (Phi) is 11.8. The molecule has 10 unspecified atom stereocenters. The summed E-state index contributed by atoms with van der Waals surface area (Å²) in [6.45, 7) is -1.31. The number of carbonyl (C=O) groups is 1. The van der Waals surface area contributed by atoms with Crippen molar-refractivity contribution in [2.24, 2.45) is 0 Å². The maximum Gasteiger partial charge on any atom is 0.330 e. The molecule has 2 fully saturated rings. The fraction of sp³-hybridized carbons (Fsp3) is 0.433. The summed E-state index contributed by atoms with van der Waals surface area (Å²) in [5.74, 6) is -0.622. The van der Waals surface area contributed by atoms with E-state index in [-0.39, 0.29) is 18.1 Å². The SMILES string of the molecule is O=C(C=Cc1ccc(O)cc1)OCC1OC(OCC=Cc2ccc(O)cc2)C(OC2OC(CO)C(O)C(O)C2O)C(O)C1O. The number of phenols is 2. The number of hydrogen-bond acceptors (Lipinski definition) is 14. The molecule has 4 rings (SSSR count). The molecule has 2 heterocycles. The molecule has 0 saturated carbocycles. The second-order valence-corrected chi connectivity index (χ2v) is 10.2. The lowest BCUT2D eigenvalue weighted by Crippen LogP contribution is -2.64. The molecule has 0 amide bonds. The lowest BCUT2D eigenvalue weighted by Gasteiger charge is -2.46. The summed E-state index contributed by atoms with van der Waals surface area (Å²) in [6, 6.07) is 12.4. The highest BCUT2D eigenvalue weighted by atomic mass is 16.8. The average Bonchev–Trinajstić information content (AvgIpc) is 3.02. The lowest BCUT2D eigenvalue weighted by atomic mass is 9.97. The Morgan fingerprint density at radius 3 is 1.91 bits per heavy atom. The Balaban J connectivity index is 1.44. The molecule has 10 atom stereocenters. The summed E-state index contributed by atoms with van der Waals surface area (Å²) in [6.07, 6.45) is -9.94. The molecule has 240 valence electrons. The van der Waals surface area contributed by atoms with E-state index in [1.165, 1.54) is 30.3 Å². The van der Waals surface area contributed by atoms with E-state index >= 15 is 0 Å². The summed E-state index contributed by atoms with van der Waals surface area (Å²) >= 11 is 0.